The summed E-state index contributed by atoms with van der Waals surface area (Å²) in [6.07, 6.45) is -8.14. The molecular formula is C15H15N3O3. The van der Waals surface area contributed by atoms with E-state index in [4.69, 9.17) is 18.1 Å². The zero-order valence-electron chi connectivity index (χ0n) is 19.6. The number of hydrogen-bond acceptors (Lipinski definition) is 5. The molecule has 1 aliphatic carbocycles. The van der Waals surface area contributed by atoms with E-state index in [1.54, 1.807) is 0 Å². The van der Waals surface area contributed by atoms with Crippen LogP contribution in [0.2, 0.25) is 0 Å². The number of nitrogens with two attached hydrogens (primary N) is 1. The van der Waals surface area contributed by atoms with E-state index in [9.17, 15) is 14.4 Å². The maximum atomic E-state index is 13.3. The number of carbonyl (C=O) groups excluding carboxylic acids is 2. The normalized spacial score (nSPS) is 33.9. The van der Waals surface area contributed by atoms with E-state index in [1.165, 1.54) is 0 Å². The van der Waals surface area contributed by atoms with Crippen molar-refractivity contribution in [1.29, 1.82) is 0 Å². The van der Waals surface area contributed by atoms with Crippen LogP contribution in [0.3, 0.4) is 0 Å². The molecule has 1 heterocycles. The summed E-state index contributed by atoms with van der Waals surface area (Å²) in [5.74, 6) is -3.79. The highest BCUT2D eigenvalue weighted by molar-refractivity contribution is 6.03. The molecule has 6 heteroatoms. The molecule has 108 valence electrons. The number of hydrogen-bond donors (Lipinski definition) is 1. The third-order valence-corrected chi connectivity index (χ3v) is 2.94. The van der Waals surface area contributed by atoms with E-state index >= 15 is 0 Å². The predicted octanol–water partition coefficient (Wildman–Crippen LogP) is 1.15. The van der Waals surface area contributed by atoms with Gasteiger partial charge in [0.05, 0.1) is 27.5 Å². The summed E-state index contributed by atoms with van der Waals surface area (Å²) in [6.45, 7) is -2.15. The van der Waals surface area contributed by atoms with Crippen LogP contribution in [0.4, 0.5) is 5.69 Å². The van der Waals surface area contributed by atoms with Crippen LogP contribution in [0.1, 0.15) is 43.3 Å². The van der Waals surface area contributed by atoms with E-state index in [0.717, 1.165) is 6.07 Å². The number of fused-ring (bicyclic) bond motifs is 1. The van der Waals surface area contributed by atoms with Crippen LogP contribution in [0.15, 0.2) is 22.9 Å². The summed E-state index contributed by atoms with van der Waals surface area (Å²) >= 11 is 0. The van der Waals surface area contributed by atoms with Gasteiger partial charge in [0.2, 0.25) is 0 Å². The average Bonchev–Trinajstić information content (AvgIpc) is 2.63. The highest BCUT2D eigenvalue weighted by Crippen LogP contribution is 2.24. The van der Waals surface area contributed by atoms with Crippen LogP contribution in [-0.2, 0) is 9.59 Å². The van der Waals surface area contributed by atoms with Crippen molar-refractivity contribution in [2.24, 2.45) is 0 Å². The third kappa shape index (κ3) is 2.12. The Bertz CT molecular complexity index is 1180. The highest BCUT2D eigenvalue weighted by Gasteiger charge is 2.30. The molecule has 1 aromatic heterocycles. The van der Waals surface area contributed by atoms with Crippen molar-refractivity contribution in [3.63, 3.8) is 0 Å². The Morgan fingerprint density at radius 3 is 3.10 bits per heavy atom. The number of aromatic nitrogens is 2. The van der Waals surface area contributed by atoms with Gasteiger partial charge in [-0.1, -0.05) is 6.07 Å². The molecule has 0 amide bonds. The first-order chi connectivity index (χ1) is 13.6. The zero-order chi connectivity index (χ0) is 23.0. The number of benzene rings is 1. The summed E-state index contributed by atoms with van der Waals surface area (Å²) in [5.41, 5.74) is 3.45. The lowest BCUT2D eigenvalue weighted by Crippen LogP contribution is -2.36. The first kappa shape index (κ1) is 6.51. The van der Waals surface area contributed by atoms with Crippen molar-refractivity contribution in [3.8, 4) is 0 Å². The summed E-state index contributed by atoms with van der Waals surface area (Å²) < 4.78 is 71.5. The van der Waals surface area contributed by atoms with Gasteiger partial charge in [-0.2, -0.15) is 0 Å². The predicted molar refractivity (Wildman–Crippen MR) is 78.1 cm³/mol. The number of nitrogens with zero attached hydrogens (tertiary/aromatic N) is 2. The minimum atomic E-state index is -3.59. The third-order valence-electron chi connectivity index (χ3n) is 2.94. The van der Waals surface area contributed by atoms with E-state index in [-0.39, 0.29) is 4.57 Å². The van der Waals surface area contributed by atoms with Gasteiger partial charge in [0.1, 0.15) is 11.6 Å². The Labute approximate surface area is 133 Å². The van der Waals surface area contributed by atoms with Gasteiger partial charge >= 0.3 is 0 Å². The summed E-state index contributed by atoms with van der Waals surface area (Å²) in [7, 11) is 0. The van der Waals surface area contributed by atoms with Crippen LogP contribution in [0.5, 0.6) is 0 Å². The maximum absolute atomic E-state index is 13.3. The van der Waals surface area contributed by atoms with Gasteiger partial charge in [-0.3, -0.25) is 19.0 Å². The number of carbonyl (C=O) groups is 2. The molecule has 0 saturated heterocycles. The van der Waals surface area contributed by atoms with E-state index < -0.39 is 83.7 Å². The summed E-state index contributed by atoms with van der Waals surface area (Å²) in [5, 5.41) is -0.607. The van der Waals surface area contributed by atoms with Gasteiger partial charge < -0.3 is 5.73 Å². The zero-order valence-corrected chi connectivity index (χ0v) is 10.6. The van der Waals surface area contributed by atoms with Gasteiger partial charge in [-0.15, -0.1) is 0 Å². The Balaban J connectivity index is 2.57. The minimum Gasteiger partial charge on any atom is -0.398 e. The smallest absolute Gasteiger partial charge is 0.264 e. The second-order valence-electron chi connectivity index (χ2n) is 4.30. The molecule has 0 bridgehead atoms. The van der Waals surface area contributed by atoms with Crippen molar-refractivity contribution in [1.82, 2.24) is 9.55 Å². The van der Waals surface area contributed by atoms with Crippen LogP contribution in [0.25, 0.3) is 10.9 Å². The van der Waals surface area contributed by atoms with Crippen molar-refractivity contribution < 1.29 is 21.9 Å². The Hall–Kier alpha value is -2.50. The second-order valence-corrected chi connectivity index (χ2v) is 4.30. The molecule has 1 aliphatic rings. The molecule has 3 rings (SSSR count). The lowest BCUT2D eigenvalue weighted by Gasteiger charge is -2.24. The average molecular weight is 294 g/mol. The number of Topliss-reactive ketones (excluding diaryl/α,β-unsaturated/α-hetero) is 2. The molecule has 0 spiro atoms. The molecule has 1 unspecified atom stereocenters. The fourth-order valence-corrected chi connectivity index (χ4v) is 2.01. The lowest BCUT2D eigenvalue weighted by atomic mass is 9.92. The topological polar surface area (TPSA) is 95.0 Å². The molecule has 2 aromatic rings. The van der Waals surface area contributed by atoms with Crippen LogP contribution < -0.4 is 11.3 Å². The second kappa shape index (κ2) is 4.80. The molecule has 0 aliphatic heterocycles. The Morgan fingerprint density at radius 1 is 1.52 bits per heavy atom. The molecule has 21 heavy (non-hydrogen) atoms. The van der Waals surface area contributed by atoms with Gasteiger partial charge in [0.15, 0.2) is 5.78 Å². The van der Waals surface area contributed by atoms with Crippen LogP contribution >= 0.6 is 0 Å². The largest absolute Gasteiger partial charge is 0.398 e. The van der Waals surface area contributed by atoms with Crippen molar-refractivity contribution in [3.05, 3.63) is 34.3 Å². The first-order valence-electron chi connectivity index (χ1n) is 10.5. The number of aryl methyl sites for hydroxylation is 1. The van der Waals surface area contributed by atoms with Crippen LogP contribution in [0, 0.1) is 6.88 Å². The lowest BCUT2D eigenvalue weighted by molar-refractivity contribution is -0.132. The number of anilines is 1. The molecule has 1 saturated carbocycles. The summed E-state index contributed by atoms with van der Waals surface area (Å²) in [4.78, 5) is 41.7. The minimum absolute atomic E-state index is 0.0574. The van der Waals surface area contributed by atoms with Crippen molar-refractivity contribution in [2.45, 2.75) is 32.1 Å². The Kier molecular flexibility index (Phi) is 1.49. The van der Waals surface area contributed by atoms with E-state index in [0.29, 0.717) is 0 Å². The quantitative estimate of drug-likeness (QED) is 0.629. The molecule has 0 radical (unpaired) electrons. The van der Waals surface area contributed by atoms with E-state index in [1.807, 2.05) is 0 Å². The first-order valence-corrected chi connectivity index (χ1v) is 5.84. The molecule has 1 atom stereocenters. The summed E-state index contributed by atoms with van der Waals surface area (Å²) in [6, 6.07) is -3.36. The van der Waals surface area contributed by atoms with Gasteiger partial charge in [0, 0.05) is 20.3 Å². The van der Waals surface area contributed by atoms with Crippen LogP contribution in [-0.4, -0.2) is 21.1 Å². The SMILES string of the molecule is [2H]c1cc([2H])c2nc(C([2H])[2H])n(C3([2H])C(=O)CC(=O)C([2H])([2H])C3([2H])[2H])c(=O)c2c1N. The van der Waals surface area contributed by atoms with Gasteiger partial charge in [-0.05, 0) is 25.3 Å². The number of rotatable bonds is 1. The fraction of sp³-hybridized carbons (Fsp3) is 0.333. The van der Waals surface area contributed by atoms with Crippen molar-refractivity contribution in [2.75, 3.05) is 5.73 Å². The highest BCUT2D eigenvalue weighted by atomic mass is 16.2. The van der Waals surface area contributed by atoms with Gasteiger partial charge in [0.25, 0.3) is 5.56 Å². The maximum Gasteiger partial charge on any atom is 0.264 e. The van der Waals surface area contributed by atoms with E-state index in [2.05, 4.69) is 4.98 Å². The standard InChI is InChI=1S/C15H15N3O3/c1-8-17-11-4-2-3-10(16)14(11)15(21)18(8)12-6-5-9(19)7-13(12)20/h2-4,12H,5-7,16H2,1H3/i1D2,3D,4D,5D2,6D2,12D. The molecule has 1 fully saturated rings. The molecule has 6 nitrogen and oxygen atoms in total. The number of nitrogen functional groups attached to an aromatic ring is 1. The van der Waals surface area contributed by atoms with Gasteiger partial charge in [-0.25, -0.2) is 4.98 Å². The Morgan fingerprint density at radius 2 is 2.33 bits per heavy atom. The molecule has 2 N–H and O–H groups in total. The molecule has 1 aromatic carbocycles. The molecular weight excluding hydrogens is 270 g/mol. The fourth-order valence-electron chi connectivity index (χ4n) is 2.01. The van der Waals surface area contributed by atoms with Crippen molar-refractivity contribution >= 4 is 28.2 Å². The monoisotopic (exact) mass is 294 g/mol. The number of ketones is 2.